The molecule has 0 radical (unpaired) electrons. The van der Waals surface area contributed by atoms with Gasteiger partial charge in [-0.2, -0.15) is 0 Å². The van der Waals surface area contributed by atoms with Gasteiger partial charge in [-0.05, 0) is 113 Å². The summed E-state index contributed by atoms with van der Waals surface area (Å²) >= 11 is 0. The van der Waals surface area contributed by atoms with Crippen LogP contribution in [-0.2, 0) is 0 Å². The van der Waals surface area contributed by atoms with Crippen molar-refractivity contribution in [2.24, 2.45) is 0 Å². The Hall–Kier alpha value is -6.74. The predicted molar refractivity (Wildman–Crippen MR) is 240 cm³/mol. The van der Waals surface area contributed by atoms with Crippen LogP contribution in [0.4, 0.5) is 17.1 Å². The summed E-state index contributed by atoms with van der Waals surface area (Å²) in [6.45, 7) is 2.48. The van der Waals surface area contributed by atoms with Crippen molar-refractivity contribution in [1.29, 1.82) is 0 Å². The average molecular weight is 718 g/mol. The molecule has 2 heteroatoms. The first-order valence-corrected chi connectivity index (χ1v) is 21.5. The molecule has 1 unspecified atom stereocenters. The fourth-order valence-corrected chi connectivity index (χ4v) is 11.3. The smallest absolute Gasteiger partial charge is 0.101 e. The zero-order valence-corrected chi connectivity index (χ0v) is 31.9. The summed E-state index contributed by atoms with van der Waals surface area (Å²) in [4.78, 5) is 2.37. The number of anilines is 3. The molecule has 0 aromatic heterocycles. The molecule has 0 N–H and O–H groups in total. The van der Waals surface area contributed by atoms with E-state index in [0.717, 1.165) is 0 Å². The van der Waals surface area contributed by atoms with Gasteiger partial charge >= 0.3 is 0 Å². The molecule has 1 atom stereocenters. The fourth-order valence-electron chi connectivity index (χ4n) is 8.65. The molecule has 0 bridgehead atoms. The zero-order valence-electron chi connectivity index (χ0n) is 30.7. The molecule has 1 aliphatic rings. The molecule has 0 amide bonds. The first kappa shape index (κ1) is 32.9. The van der Waals surface area contributed by atoms with E-state index in [1.165, 1.54) is 93.5 Å². The van der Waals surface area contributed by atoms with E-state index in [1.54, 1.807) is 0 Å². The van der Waals surface area contributed by atoms with Crippen LogP contribution in [0, 0.1) is 0 Å². The third kappa shape index (κ3) is 5.88. The van der Waals surface area contributed by atoms with Crippen molar-refractivity contribution in [3.05, 3.63) is 211 Å². The van der Waals surface area contributed by atoms with E-state index < -0.39 is 8.80 Å². The minimum absolute atomic E-state index is 1.17. The molecule has 0 aliphatic carbocycles. The van der Waals surface area contributed by atoms with Gasteiger partial charge in [0.05, 0.1) is 0 Å². The van der Waals surface area contributed by atoms with Crippen molar-refractivity contribution in [1.82, 2.24) is 0 Å². The van der Waals surface area contributed by atoms with Crippen molar-refractivity contribution in [3.8, 4) is 33.4 Å². The van der Waals surface area contributed by atoms with Crippen molar-refractivity contribution >= 4 is 69.9 Å². The first-order valence-electron chi connectivity index (χ1n) is 19.2. The largest absolute Gasteiger partial charge is 0.311 e. The maximum atomic E-state index is 2.48. The van der Waals surface area contributed by atoms with E-state index in [2.05, 4.69) is 224 Å². The van der Waals surface area contributed by atoms with Crippen LogP contribution in [0.25, 0.3) is 67.1 Å². The molecule has 1 heterocycles. The summed E-state index contributed by atoms with van der Waals surface area (Å²) in [5, 5.41) is 8.17. The summed E-state index contributed by atoms with van der Waals surface area (Å²) in [6, 6.07) is 73.2. The molecule has 0 fully saturated rings. The van der Waals surface area contributed by atoms with Crippen LogP contribution in [0.1, 0.15) is 11.1 Å². The van der Waals surface area contributed by atoms with Gasteiger partial charge in [0.25, 0.3) is 0 Å². The second-order valence-corrected chi connectivity index (χ2v) is 17.2. The topological polar surface area (TPSA) is 3.24 Å². The Morgan fingerprint density at radius 2 is 0.800 bits per heavy atom. The quantitative estimate of drug-likeness (QED) is 0.0901. The highest BCUT2D eigenvalue weighted by Gasteiger charge is 2.28. The standard InChI is InChI=1S/C53H39NSi/c1-55-50-35-38(29-33-46(50)47-34-32-43(36-51(47)55)54(41-17-7-3-8-18-41)42-19-9-4-10-20-42)26-25-37-27-30-40(31-28-37)53-49-24-14-12-22-45(49)44-21-11-13-23-48(44)52(53)39-15-5-2-6-16-39/h2-36,55H,1H3. The van der Waals surface area contributed by atoms with Crippen LogP contribution in [0.5, 0.6) is 0 Å². The number of rotatable bonds is 7. The van der Waals surface area contributed by atoms with Gasteiger partial charge in [0.15, 0.2) is 0 Å². The fraction of sp³-hybridized carbons (Fsp3) is 0.0189. The van der Waals surface area contributed by atoms with Gasteiger partial charge in [-0.3, -0.25) is 0 Å². The van der Waals surface area contributed by atoms with Crippen LogP contribution in [0.2, 0.25) is 6.55 Å². The van der Waals surface area contributed by atoms with Crippen LogP contribution >= 0.6 is 0 Å². The number of hydrogen-bond donors (Lipinski definition) is 0. The highest BCUT2D eigenvalue weighted by molar-refractivity contribution is 6.88. The number of nitrogens with zero attached hydrogens (tertiary/aromatic N) is 1. The monoisotopic (exact) mass is 717 g/mol. The summed E-state index contributed by atoms with van der Waals surface area (Å²) in [6.07, 6.45) is 4.53. The molecule has 0 spiro atoms. The lowest BCUT2D eigenvalue weighted by molar-refractivity contribution is 1.29. The van der Waals surface area contributed by atoms with Gasteiger partial charge in [-0.25, -0.2) is 0 Å². The molecular formula is C53H39NSi. The Morgan fingerprint density at radius 1 is 0.364 bits per heavy atom. The SMILES string of the molecule is C[SiH]1c2cc(C=Cc3ccc(-c4c(-c5ccccc5)c5ccccc5c5ccccc45)cc3)ccc2-c2ccc(N(c3ccccc3)c3ccccc3)cc21. The van der Waals surface area contributed by atoms with Gasteiger partial charge in [-0.15, -0.1) is 0 Å². The Bertz CT molecular complexity index is 2820. The van der Waals surface area contributed by atoms with E-state index in [0.29, 0.717) is 0 Å². The Labute approximate surface area is 324 Å². The normalized spacial score (nSPS) is 13.3. The third-order valence-electron chi connectivity index (χ3n) is 11.3. The molecule has 10 rings (SSSR count). The second kappa shape index (κ2) is 13.9. The van der Waals surface area contributed by atoms with E-state index in [4.69, 9.17) is 0 Å². The Morgan fingerprint density at radius 3 is 1.38 bits per heavy atom. The molecule has 55 heavy (non-hydrogen) atoms. The Balaban J connectivity index is 0.965. The van der Waals surface area contributed by atoms with Crippen molar-refractivity contribution in [3.63, 3.8) is 0 Å². The lowest BCUT2D eigenvalue weighted by Gasteiger charge is -2.26. The van der Waals surface area contributed by atoms with Crippen molar-refractivity contribution in [2.45, 2.75) is 6.55 Å². The van der Waals surface area contributed by atoms with Crippen molar-refractivity contribution < 1.29 is 0 Å². The van der Waals surface area contributed by atoms with E-state index in [9.17, 15) is 0 Å². The predicted octanol–water partition coefficient (Wildman–Crippen LogP) is 12.9. The number of fused-ring (bicyclic) bond motifs is 6. The summed E-state index contributed by atoms with van der Waals surface area (Å²) < 4.78 is 0. The minimum atomic E-state index is -1.40. The number of benzene rings is 9. The van der Waals surface area contributed by atoms with E-state index in [1.807, 2.05) is 0 Å². The van der Waals surface area contributed by atoms with Crippen LogP contribution < -0.4 is 15.3 Å². The van der Waals surface area contributed by atoms with Crippen LogP contribution in [-0.4, -0.2) is 8.80 Å². The molecule has 1 nitrogen and oxygen atoms in total. The summed E-state index contributed by atoms with van der Waals surface area (Å²) in [5.41, 5.74) is 13.8. The highest BCUT2D eigenvalue weighted by atomic mass is 28.3. The van der Waals surface area contributed by atoms with Crippen LogP contribution in [0.15, 0.2) is 200 Å². The third-order valence-corrected chi connectivity index (χ3v) is 14.1. The van der Waals surface area contributed by atoms with Gasteiger partial charge in [-0.1, -0.05) is 182 Å². The summed E-state index contributed by atoms with van der Waals surface area (Å²) in [7, 11) is -1.40. The van der Waals surface area contributed by atoms with Gasteiger partial charge in [0, 0.05) is 17.1 Å². The summed E-state index contributed by atoms with van der Waals surface area (Å²) in [5.74, 6) is 0. The highest BCUT2D eigenvalue weighted by Crippen LogP contribution is 2.44. The number of hydrogen-bond acceptors (Lipinski definition) is 1. The molecule has 1 aliphatic heterocycles. The maximum absolute atomic E-state index is 2.48. The molecule has 260 valence electrons. The minimum Gasteiger partial charge on any atom is -0.311 e. The van der Waals surface area contributed by atoms with E-state index >= 15 is 0 Å². The Kier molecular flexibility index (Phi) is 8.31. The lowest BCUT2D eigenvalue weighted by atomic mass is 9.85. The first-order chi connectivity index (χ1) is 27.2. The van der Waals surface area contributed by atoms with E-state index in [-0.39, 0.29) is 0 Å². The van der Waals surface area contributed by atoms with Crippen LogP contribution in [0.3, 0.4) is 0 Å². The molecule has 9 aromatic carbocycles. The van der Waals surface area contributed by atoms with Crippen molar-refractivity contribution in [2.75, 3.05) is 4.90 Å². The lowest BCUT2D eigenvalue weighted by Crippen LogP contribution is -2.34. The average Bonchev–Trinajstić information content (AvgIpc) is 3.53. The van der Waals surface area contributed by atoms with Gasteiger partial charge in [0.1, 0.15) is 8.80 Å². The molecular weight excluding hydrogens is 679 g/mol. The van der Waals surface area contributed by atoms with Gasteiger partial charge in [0.2, 0.25) is 0 Å². The molecule has 0 saturated carbocycles. The molecule has 9 aromatic rings. The maximum Gasteiger partial charge on any atom is 0.101 e. The number of para-hydroxylation sites is 2. The molecule has 0 saturated heterocycles. The second-order valence-electron chi connectivity index (χ2n) is 14.5. The zero-order chi connectivity index (χ0) is 36.7. The van der Waals surface area contributed by atoms with Gasteiger partial charge < -0.3 is 4.90 Å².